The summed E-state index contributed by atoms with van der Waals surface area (Å²) < 4.78 is 14.4. The van der Waals surface area contributed by atoms with Gasteiger partial charge >= 0.3 is 0 Å². The lowest BCUT2D eigenvalue weighted by Crippen LogP contribution is -2.29. The van der Waals surface area contributed by atoms with Crippen LogP contribution >= 0.6 is 23.1 Å². The summed E-state index contributed by atoms with van der Waals surface area (Å²) in [6.45, 7) is 3.64. The number of halogens is 1. The molecule has 0 saturated heterocycles. The summed E-state index contributed by atoms with van der Waals surface area (Å²) in [5.41, 5.74) is 8.35. The third-order valence-corrected chi connectivity index (χ3v) is 5.67. The highest BCUT2D eigenvalue weighted by Crippen LogP contribution is 2.37. The minimum Gasteiger partial charge on any atom is -0.379 e. The van der Waals surface area contributed by atoms with Gasteiger partial charge in [-0.15, -0.1) is 11.3 Å². The van der Waals surface area contributed by atoms with Crippen molar-refractivity contribution in [1.82, 2.24) is 4.98 Å². The molecule has 5 nitrogen and oxygen atoms in total. The molecule has 0 radical (unpaired) electrons. The summed E-state index contributed by atoms with van der Waals surface area (Å²) in [5, 5.41) is 3.26. The molecule has 0 aliphatic carbocycles. The topological polar surface area (TPSA) is 80.4 Å². The fraction of sp³-hybridized carbons (Fsp3) is 0.312. The van der Waals surface area contributed by atoms with Crippen molar-refractivity contribution in [3.8, 4) is 0 Å². The molecule has 2 aromatic rings. The van der Waals surface area contributed by atoms with Crippen LogP contribution in [0.25, 0.3) is 0 Å². The number of carbonyl (C=O) groups is 1. The number of aliphatic imine (C=N–C) groups is 1. The lowest BCUT2D eigenvalue weighted by molar-refractivity contribution is 0.102. The molecule has 1 aromatic carbocycles. The number of hydrogen-bond acceptors (Lipinski definition) is 6. The summed E-state index contributed by atoms with van der Waals surface area (Å²) in [6.07, 6.45) is 0.681. The van der Waals surface area contributed by atoms with Crippen molar-refractivity contribution in [2.24, 2.45) is 10.7 Å². The predicted octanol–water partition coefficient (Wildman–Crippen LogP) is 3.51. The highest BCUT2D eigenvalue weighted by Gasteiger charge is 2.32. The standard InChI is InChI=1S/C16H17FN4OS2/c1-9-13(24-8-19-9)14(22)20-10-3-4-12(17)11(7-10)16(2)5-6-23-15(18)21-16/h3-4,7-8H,5-6H2,1-2H3,(H2,18,21)(H,20,22). The third-order valence-electron chi connectivity index (χ3n) is 3.95. The molecule has 1 aromatic heterocycles. The molecule has 1 unspecified atom stereocenters. The number of aryl methyl sites for hydroxylation is 1. The van der Waals surface area contributed by atoms with E-state index in [2.05, 4.69) is 15.3 Å². The van der Waals surface area contributed by atoms with Crippen LogP contribution in [0, 0.1) is 12.7 Å². The van der Waals surface area contributed by atoms with Gasteiger partial charge in [0, 0.05) is 17.0 Å². The lowest BCUT2D eigenvalue weighted by Gasteiger charge is -2.30. The summed E-state index contributed by atoms with van der Waals surface area (Å²) >= 11 is 2.74. The van der Waals surface area contributed by atoms with Crippen molar-refractivity contribution in [2.45, 2.75) is 25.8 Å². The molecule has 0 fully saturated rings. The lowest BCUT2D eigenvalue weighted by atomic mass is 9.89. The zero-order chi connectivity index (χ0) is 17.3. The zero-order valence-corrected chi connectivity index (χ0v) is 14.9. The van der Waals surface area contributed by atoms with Crippen molar-refractivity contribution < 1.29 is 9.18 Å². The molecule has 24 heavy (non-hydrogen) atoms. The molecular formula is C16H17FN4OS2. The van der Waals surface area contributed by atoms with Gasteiger partial charge in [-0.25, -0.2) is 9.37 Å². The Balaban J connectivity index is 1.91. The van der Waals surface area contributed by atoms with Gasteiger partial charge in [-0.05, 0) is 38.5 Å². The van der Waals surface area contributed by atoms with Crippen molar-refractivity contribution in [1.29, 1.82) is 0 Å². The van der Waals surface area contributed by atoms with Gasteiger partial charge in [-0.2, -0.15) is 0 Å². The van der Waals surface area contributed by atoms with Gasteiger partial charge in [0.15, 0.2) is 5.17 Å². The first-order valence-electron chi connectivity index (χ1n) is 7.39. The van der Waals surface area contributed by atoms with Crippen LogP contribution in [0.15, 0.2) is 28.7 Å². The third kappa shape index (κ3) is 3.29. The number of amides is 1. The molecule has 3 rings (SSSR count). The average molecular weight is 364 g/mol. The molecule has 1 atom stereocenters. The number of rotatable bonds is 3. The van der Waals surface area contributed by atoms with Gasteiger partial charge in [-0.3, -0.25) is 9.79 Å². The van der Waals surface area contributed by atoms with Crippen molar-refractivity contribution in [2.75, 3.05) is 11.1 Å². The normalized spacial score (nSPS) is 20.5. The Morgan fingerprint density at radius 3 is 2.92 bits per heavy atom. The average Bonchev–Trinajstić information content (AvgIpc) is 2.95. The van der Waals surface area contributed by atoms with Crippen molar-refractivity contribution in [3.05, 3.63) is 45.7 Å². The predicted molar refractivity (Wildman–Crippen MR) is 97.3 cm³/mol. The number of thioether (sulfide) groups is 1. The summed E-state index contributed by atoms with van der Waals surface area (Å²) in [4.78, 5) is 21.4. The number of anilines is 1. The Hall–Kier alpha value is -1.93. The number of nitrogens with one attached hydrogen (secondary N) is 1. The number of benzene rings is 1. The number of carbonyl (C=O) groups excluding carboxylic acids is 1. The molecule has 0 saturated carbocycles. The molecule has 1 aliphatic heterocycles. The van der Waals surface area contributed by atoms with Gasteiger partial charge in [0.1, 0.15) is 10.7 Å². The second kappa shape index (κ2) is 6.52. The Morgan fingerprint density at radius 1 is 1.46 bits per heavy atom. The number of aromatic nitrogens is 1. The molecule has 126 valence electrons. The molecular weight excluding hydrogens is 347 g/mol. The van der Waals surface area contributed by atoms with E-state index in [9.17, 15) is 9.18 Å². The largest absolute Gasteiger partial charge is 0.379 e. The fourth-order valence-electron chi connectivity index (χ4n) is 2.60. The van der Waals surface area contributed by atoms with E-state index in [0.717, 1.165) is 5.75 Å². The Labute approximate surface area is 147 Å². The Morgan fingerprint density at radius 2 is 2.25 bits per heavy atom. The first kappa shape index (κ1) is 16.9. The number of nitrogens with two attached hydrogens (primary N) is 1. The van der Waals surface area contributed by atoms with Gasteiger partial charge < -0.3 is 11.1 Å². The van der Waals surface area contributed by atoms with E-state index in [1.165, 1.54) is 29.2 Å². The molecule has 8 heteroatoms. The number of hydrogen-bond donors (Lipinski definition) is 2. The summed E-state index contributed by atoms with van der Waals surface area (Å²) in [5.74, 6) is 0.176. The smallest absolute Gasteiger partial charge is 0.267 e. The monoisotopic (exact) mass is 364 g/mol. The van der Waals surface area contributed by atoms with E-state index < -0.39 is 5.54 Å². The van der Waals surface area contributed by atoms with Crippen LogP contribution < -0.4 is 11.1 Å². The molecule has 0 spiro atoms. The van der Waals surface area contributed by atoms with Crippen LogP contribution in [0.4, 0.5) is 10.1 Å². The van der Waals surface area contributed by atoms with Crippen LogP contribution in [0.5, 0.6) is 0 Å². The van der Waals surface area contributed by atoms with Gasteiger partial charge in [-0.1, -0.05) is 11.8 Å². The highest BCUT2D eigenvalue weighted by atomic mass is 32.2. The molecule has 2 heterocycles. The number of amidine groups is 1. The first-order chi connectivity index (χ1) is 11.4. The number of nitrogens with zero attached hydrogens (tertiary/aromatic N) is 2. The van der Waals surface area contributed by atoms with Gasteiger partial charge in [0.05, 0.1) is 16.7 Å². The minimum atomic E-state index is -0.722. The first-order valence-corrected chi connectivity index (χ1v) is 9.25. The van der Waals surface area contributed by atoms with Crippen LogP contribution in [-0.2, 0) is 5.54 Å². The van der Waals surface area contributed by atoms with Crippen LogP contribution in [0.3, 0.4) is 0 Å². The SMILES string of the molecule is Cc1ncsc1C(=O)Nc1ccc(F)c(C2(C)CCSC(N)=N2)c1. The van der Waals surface area contributed by atoms with Gasteiger partial charge in [0.2, 0.25) is 0 Å². The molecule has 3 N–H and O–H groups in total. The van der Waals surface area contributed by atoms with Crippen molar-refractivity contribution in [3.63, 3.8) is 0 Å². The number of thiazole rings is 1. The molecule has 1 aliphatic rings. The summed E-state index contributed by atoms with van der Waals surface area (Å²) in [6, 6.07) is 4.53. The van der Waals surface area contributed by atoms with E-state index in [4.69, 9.17) is 5.73 Å². The van der Waals surface area contributed by atoms with E-state index in [1.54, 1.807) is 24.6 Å². The van der Waals surface area contributed by atoms with Crippen molar-refractivity contribution >= 4 is 39.9 Å². The highest BCUT2D eigenvalue weighted by molar-refractivity contribution is 8.13. The molecule has 1 amide bonds. The Kier molecular flexibility index (Phi) is 4.60. The van der Waals surface area contributed by atoms with Crippen LogP contribution in [0.1, 0.15) is 34.3 Å². The van der Waals surface area contributed by atoms with Crippen LogP contribution in [-0.4, -0.2) is 21.8 Å². The van der Waals surface area contributed by atoms with E-state index in [0.29, 0.717) is 33.4 Å². The van der Waals surface area contributed by atoms with Gasteiger partial charge in [0.25, 0.3) is 5.91 Å². The second-order valence-corrected chi connectivity index (χ2v) is 7.71. The fourth-order valence-corrected chi connectivity index (χ4v) is 4.28. The second-order valence-electron chi connectivity index (χ2n) is 5.74. The maximum absolute atomic E-state index is 14.4. The summed E-state index contributed by atoms with van der Waals surface area (Å²) in [7, 11) is 0. The van der Waals surface area contributed by atoms with Crippen LogP contribution in [0.2, 0.25) is 0 Å². The Bertz CT molecular complexity index is 820. The molecule has 0 bridgehead atoms. The maximum Gasteiger partial charge on any atom is 0.267 e. The maximum atomic E-state index is 14.4. The zero-order valence-electron chi connectivity index (χ0n) is 13.3. The quantitative estimate of drug-likeness (QED) is 0.873. The minimum absolute atomic E-state index is 0.250. The van der Waals surface area contributed by atoms with E-state index in [1.807, 2.05) is 6.92 Å². The van der Waals surface area contributed by atoms with E-state index >= 15 is 0 Å². The van der Waals surface area contributed by atoms with E-state index in [-0.39, 0.29) is 11.7 Å².